The lowest BCUT2D eigenvalue weighted by molar-refractivity contribution is -0.142. The van der Waals surface area contributed by atoms with Gasteiger partial charge in [-0.2, -0.15) is 0 Å². The van der Waals surface area contributed by atoms with Crippen molar-refractivity contribution < 1.29 is 27.9 Å². The molecule has 7 heteroatoms. The smallest absolute Gasteiger partial charge is 0.306 e. The Labute approximate surface area is 167 Å². The van der Waals surface area contributed by atoms with Crippen LogP contribution in [-0.2, 0) is 22.4 Å². The molecule has 0 radical (unpaired) electrons. The van der Waals surface area contributed by atoms with E-state index in [1.807, 2.05) is 12.1 Å². The number of hydrogen-bond donors (Lipinski definition) is 1. The Morgan fingerprint density at radius 2 is 1.79 bits per heavy atom. The number of halogens is 2. The Morgan fingerprint density at radius 3 is 2.59 bits per heavy atom. The van der Waals surface area contributed by atoms with Gasteiger partial charge in [-0.1, -0.05) is 12.1 Å². The summed E-state index contributed by atoms with van der Waals surface area (Å²) >= 11 is 0. The van der Waals surface area contributed by atoms with E-state index < -0.39 is 23.5 Å². The molecule has 1 amide bonds. The van der Waals surface area contributed by atoms with Gasteiger partial charge in [-0.05, 0) is 55.0 Å². The topological polar surface area (TPSA) is 72.5 Å². The van der Waals surface area contributed by atoms with Crippen LogP contribution in [0.15, 0.2) is 36.4 Å². The summed E-state index contributed by atoms with van der Waals surface area (Å²) in [7, 11) is 0. The maximum Gasteiger partial charge on any atom is 0.306 e. The van der Waals surface area contributed by atoms with E-state index in [1.54, 1.807) is 6.07 Å². The minimum atomic E-state index is -0.952. The first kappa shape index (κ1) is 20.6. The molecule has 3 rings (SSSR count). The Bertz CT molecular complexity index is 942. The molecule has 0 heterocycles. The molecule has 0 bridgehead atoms. The number of aryl methyl sites for hydroxylation is 2. The van der Waals surface area contributed by atoms with Gasteiger partial charge >= 0.3 is 5.97 Å². The van der Waals surface area contributed by atoms with Crippen molar-refractivity contribution in [2.45, 2.75) is 32.1 Å². The van der Waals surface area contributed by atoms with Gasteiger partial charge in [0.1, 0.15) is 11.6 Å². The van der Waals surface area contributed by atoms with Gasteiger partial charge in [0.25, 0.3) is 5.91 Å². The molecule has 5 nitrogen and oxygen atoms in total. The molecule has 2 aromatic rings. The zero-order valence-electron chi connectivity index (χ0n) is 15.8. The molecule has 152 valence electrons. The van der Waals surface area contributed by atoms with Crippen molar-refractivity contribution in [3.05, 3.63) is 70.3 Å². The monoisotopic (exact) mass is 401 g/mol. The standard InChI is InChI=1S/C22H21F2NO4/c23-17-8-9-18(19(24)12-17)22(28)25-10-2-5-21(27)29-13-20(26)16-7-6-14-3-1-4-15(14)11-16/h6-9,11-12H,1-5,10,13H2,(H,25,28). The lowest BCUT2D eigenvalue weighted by atomic mass is 10.0. The fourth-order valence-electron chi connectivity index (χ4n) is 3.25. The second-order valence-electron chi connectivity index (χ2n) is 6.90. The average molecular weight is 401 g/mol. The van der Waals surface area contributed by atoms with Crippen LogP contribution in [0.1, 0.15) is 51.1 Å². The highest BCUT2D eigenvalue weighted by atomic mass is 19.1. The number of ketones is 1. The highest BCUT2D eigenvalue weighted by molar-refractivity contribution is 5.98. The number of hydrogen-bond acceptors (Lipinski definition) is 4. The van der Waals surface area contributed by atoms with Gasteiger partial charge in [-0.25, -0.2) is 8.78 Å². The number of Topliss-reactive ketones (excluding diaryl/α,β-unsaturated/α-hetero) is 1. The third-order valence-corrected chi connectivity index (χ3v) is 4.80. The molecule has 0 fully saturated rings. The fraction of sp³-hybridized carbons (Fsp3) is 0.318. The van der Waals surface area contributed by atoms with E-state index in [0.717, 1.165) is 31.4 Å². The minimum Gasteiger partial charge on any atom is -0.457 e. The normalized spacial score (nSPS) is 12.3. The average Bonchev–Trinajstić information content (AvgIpc) is 3.17. The van der Waals surface area contributed by atoms with Crippen LogP contribution in [0.3, 0.4) is 0 Å². The number of carbonyl (C=O) groups is 3. The predicted molar refractivity (Wildman–Crippen MR) is 102 cm³/mol. The summed E-state index contributed by atoms with van der Waals surface area (Å²) in [6.07, 6.45) is 3.35. The maximum atomic E-state index is 13.5. The van der Waals surface area contributed by atoms with Gasteiger partial charge in [0.05, 0.1) is 5.56 Å². The summed E-state index contributed by atoms with van der Waals surface area (Å²) in [4.78, 5) is 35.8. The summed E-state index contributed by atoms with van der Waals surface area (Å²) in [5.74, 6) is -3.22. The van der Waals surface area contributed by atoms with Gasteiger partial charge in [-0.15, -0.1) is 0 Å². The first-order chi connectivity index (χ1) is 13.9. The number of esters is 1. The predicted octanol–water partition coefficient (Wildman–Crippen LogP) is 3.39. The molecule has 0 aliphatic heterocycles. The van der Waals surface area contributed by atoms with Crippen LogP contribution >= 0.6 is 0 Å². The van der Waals surface area contributed by atoms with Crippen molar-refractivity contribution in [2.75, 3.05) is 13.2 Å². The summed E-state index contributed by atoms with van der Waals surface area (Å²) in [6.45, 7) is -0.214. The molecule has 0 spiro atoms. The van der Waals surface area contributed by atoms with Crippen LogP contribution in [0.5, 0.6) is 0 Å². The highest BCUT2D eigenvalue weighted by Gasteiger charge is 2.16. The largest absolute Gasteiger partial charge is 0.457 e. The van der Waals surface area contributed by atoms with E-state index in [4.69, 9.17) is 4.74 Å². The van der Waals surface area contributed by atoms with Crippen molar-refractivity contribution in [3.8, 4) is 0 Å². The summed E-state index contributed by atoms with van der Waals surface area (Å²) in [5.41, 5.74) is 2.71. The number of benzene rings is 2. The number of ether oxygens (including phenoxy) is 1. The molecular weight excluding hydrogens is 380 g/mol. The van der Waals surface area contributed by atoms with E-state index in [2.05, 4.69) is 5.32 Å². The van der Waals surface area contributed by atoms with E-state index in [0.29, 0.717) is 11.6 Å². The van der Waals surface area contributed by atoms with Crippen molar-refractivity contribution in [2.24, 2.45) is 0 Å². The first-order valence-electron chi connectivity index (χ1n) is 9.48. The molecule has 0 aromatic heterocycles. The third kappa shape index (κ3) is 5.47. The van der Waals surface area contributed by atoms with Crippen LogP contribution < -0.4 is 5.32 Å². The summed E-state index contributed by atoms with van der Waals surface area (Å²) < 4.78 is 31.4. The minimum absolute atomic E-state index is 0.00362. The molecule has 0 saturated carbocycles. The van der Waals surface area contributed by atoms with E-state index in [-0.39, 0.29) is 37.3 Å². The van der Waals surface area contributed by atoms with E-state index in [1.165, 1.54) is 11.1 Å². The van der Waals surface area contributed by atoms with Gasteiger partial charge < -0.3 is 10.1 Å². The highest BCUT2D eigenvalue weighted by Crippen LogP contribution is 2.23. The van der Waals surface area contributed by atoms with Crippen LogP contribution in [0, 0.1) is 11.6 Å². The van der Waals surface area contributed by atoms with Gasteiger partial charge in [0.15, 0.2) is 12.4 Å². The molecule has 1 aliphatic carbocycles. The van der Waals surface area contributed by atoms with Gasteiger partial charge in [-0.3, -0.25) is 14.4 Å². The summed E-state index contributed by atoms with van der Waals surface area (Å²) in [5, 5.41) is 2.45. The Kier molecular flexibility index (Phi) is 6.69. The van der Waals surface area contributed by atoms with Crippen molar-refractivity contribution in [1.82, 2.24) is 5.32 Å². The molecule has 0 atom stereocenters. The quantitative estimate of drug-likeness (QED) is 0.418. The Balaban J connectivity index is 1.37. The molecule has 1 N–H and O–H groups in total. The lowest BCUT2D eigenvalue weighted by Crippen LogP contribution is -2.26. The van der Waals surface area contributed by atoms with Crippen LogP contribution in [0.4, 0.5) is 8.78 Å². The van der Waals surface area contributed by atoms with Gasteiger partial charge in [0, 0.05) is 24.6 Å². The molecular formula is C22H21F2NO4. The van der Waals surface area contributed by atoms with Crippen molar-refractivity contribution >= 4 is 17.7 Å². The van der Waals surface area contributed by atoms with Crippen molar-refractivity contribution in [1.29, 1.82) is 0 Å². The van der Waals surface area contributed by atoms with E-state index >= 15 is 0 Å². The SMILES string of the molecule is O=C(CCCNC(=O)c1ccc(F)cc1F)OCC(=O)c1ccc2c(c1)CCC2. The van der Waals surface area contributed by atoms with Crippen LogP contribution in [0.2, 0.25) is 0 Å². The molecule has 2 aromatic carbocycles. The fourth-order valence-corrected chi connectivity index (χ4v) is 3.25. The maximum absolute atomic E-state index is 13.5. The van der Waals surface area contributed by atoms with Crippen LogP contribution in [0.25, 0.3) is 0 Å². The lowest BCUT2D eigenvalue weighted by Gasteiger charge is -2.07. The zero-order chi connectivity index (χ0) is 20.8. The zero-order valence-corrected chi connectivity index (χ0v) is 15.8. The number of nitrogens with one attached hydrogen (secondary N) is 1. The third-order valence-electron chi connectivity index (χ3n) is 4.80. The molecule has 0 unspecified atom stereocenters. The second kappa shape index (κ2) is 9.41. The number of carbonyl (C=O) groups excluding carboxylic acids is 3. The Hall–Kier alpha value is -3.09. The van der Waals surface area contributed by atoms with Crippen molar-refractivity contribution in [3.63, 3.8) is 0 Å². The number of amides is 1. The number of rotatable bonds is 8. The summed E-state index contributed by atoms with van der Waals surface area (Å²) in [6, 6.07) is 8.24. The van der Waals surface area contributed by atoms with Gasteiger partial charge in [0.2, 0.25) is 0 Å². The molecule has 0 saturated heterocycles. The molecule has 29 heavy (non-hydrogen) atoms. The van der Waals surface area contributed by atoms with Crippen LogP contribution in [-0.4, -0.2) is 30.8 Å². The number of fused-ring (bicyclic) bond motifs is 1. The van der Waals surface area contributed by atoms with E-state index in [9.17, 15) is 23.2 Å². The molecule has 1 aliphatic rings. The Morgan fingerprint density at radius 1 is 1.00 bits per heavy atom. The second-order valence-corrected chi connectivity index (χ2v) is 6.90. The first-order valence-corrected chi connectivity index (χ1v) is 9.48.